The molecule has 5 nitrogen and oxygen atoms in total. The van der Waals surface area contributed by atoms with Gasteiger partial charge in [-0.1, -0.05) is 6.92 Å². The van der Waals surface area contributed by atoms with Crippen molar-refractivity contribution in [2.75, 3.05) is 24.3 Å². The zero-order valence-corrected chi connectivity index (χ0v) is 12.3. The molecule has 2 atom stereocenters. The van der Waals surface area contributed by atoms with E-state index in [-0.39, 0.29) is 6.10 Å². The van der Waals surface area contributed by atoms with Gasteiger partial charge in [0.25, 0.3) is 0 Å². The molecular weight excluding hydrogens is 240 g/mol. The maximum absolute atomic E-state index is 6.01. The molecule has 5 heteroatoms. The number of ether oxygens (including phenoxy) is 1. The number of aromatic nitrogens is 2. The molecule has 2 N–H and O–H groups in total. The van der Waals surface area contributed by atoms with Crippen LogP contribution in [0.5, 0.6) is 0 Å². The van der Waals surface area contributed by atoms with E-state index in [1.54, 1.807) is 0 Å². The van der Waals surface area contributed by atoms with Gasteiger partial charge in [-0.05, 0) is 26.7 Å². The minimum atomic E-state index is 0.232. The molecule has 0 spiro atoms. The first-order valence-corrected chi connectivity index (χ1v) is 7.02. The van der Waals surface area contributed by atoms with E-state index in [1.165, 1.54) is 0 Å². The molecule has 2 unspecified atom stereocenters. The summed E-state index contributed by atoms with van der Waals surface area (Å²) in [5.41, 5.74) is 6.97. The van der Waals surface area contributed by atoms with Gasteiger partial charge in [-0.25, -0.2) is 9.97 Å². The summed E-state index contributed by atoms with van der Waals surface area (Å²) in [6, 6.07) is 0.363. The highest BCUT2D eigenvalue weighted by atomic mass is 16.5. The van der Waals surface area contributed by atoms with Gasteiger partial charge < -0.3 is 15.4 Å². The molecule has 0 amide bonds. The fourth-order valence-electron chi connectivity index (χ4n) is 2.63. The molecule has 2 heterocycles. The van der Waals surface area contributed by atoms with Gasteiger partial charge in [0, 0.05) is 25.6 Å². The molecule has 0 saturated carbocycles. The monoisotopic (exact) mass is 264 g/mol. The number of aryl methyl sites for hydroxylation is 1. The summed E-state index contributed by atoms with van der Waals surface area (Å²) >= 11 is 0. The smallest absolute Gasteiger partial charge is 0.137 e. The van der Waals surface area contributed by atoms with E-state index in [0.717, 1.165) is 43.1 Å². The molecule has 106 valence electrons. The standard InChI is InChI=1S/C14H24N4O/c1-5-6-12-16-13(15)9(2)14(17-12)18(4)11-7-8-19-10(11)3/h10-11H,5-8H2,1-4H3,(H2,15,16,17). The van der Waals surface area contributed by atoms with E-state index >= 15 is 0 Å². The lowest BCUT2D eigenvalue weighted by Gasteiger charge is -2.29. The number of nitrogens with two attached hydrogens (primary N) is 1. The van der Waals surface area contributed by atoms with Gasteiger partial charge >= 0.3 is 0 Å². The summed E-state index contributed by atoms with van der Waals surface area (Å²) in [4.78, 5) is 11.2. The summed E-state index contributed by atoms with van der Waals surface area (Å²) in [5.74, 6) is 2.36. The Labute approximate surface area is 115 Å². The van der Waals surface area contributed by atoms with Gasteiger partial charge in [-0.15, -0.1) is 0 Å². The number of rotatable bonds is 4. The third kappa shape index (κ3) is 2.81. The average molecular weight is 264 g/mol. The SMILES string of the molecule is CCCc1nc(N)c(C)c(N(C)C2CCOC2C)n1. The van der Waals surface area contributed by atoms with Gasteiger partial charge in [-0.3, -0.25) is 0 Å². The van der Waals surface area contributed by atoms with Crippen LogP contribution in [0.3, 0.4) is 0 Å². The minimum Gasteiger partial charge on any atom is -0.383 e. The minimum absolute atomic E-state index is 0.232. The van der Waals surface area contributed by atoms with Crippen molar-refractivity contribution < 1.29 is 4.74 Å². The first-order valence-electron chi connectivity index (χ1n) is 7.02. The van der Waals surface area contributed by atoms with Crippen LogP contribution < -0.4 is 10.6 Å². The molecule has 2 rings (SSSR count). The van der Waals surface area contributed by atoms with E-state index in [1.807, 2.05) is 6.92 Å². The van der Waals surface area contributed by atoms with E-state index in [4.69, 9.17) is 10.5 Å². The van der Waals surface area contributed by atoms with Crippen molar-refractivity contribution >= 4 is 11.6 Å². The maximum atomic E-state index is 6.01. The summed E-state index contributed by atoms with van der Waals surface area (Å²) in [6.07, 6.45) is 3.15. The number of nitrogens with zero attached hydrogens (tertiary/aromatic N) is 3. The average Bonchev–Trinajstić information content (AvgIpc) is 2.79. The van der Waals surface area contributed by atoms with E-state index in [2.05, 4.69) is 35.8 Å². The van der Waals surface area contributed by atoms with Crippen molar-refractivity contribution in [3.8, 4) is 0 Å². The molecule has 1 fully saturated rings. The van der Waals surface area contributed by atoms with Crippen LogP contribution in [0.4, 0.5) is 11.6 Å². The molecule has 1 aromatic rings. The molecule has 1 aliphatic rings. The lowest BCUT2D eigenvalue weighted by atomic mass is 10.1. The molecule has 1 aliphatic heterocycles. The van der Waals surface area contributed by atoms with Gasteiger partial charge in [0.05, 0.1) is 12.1 Å². The third-order valence-electron chi connectivity index (χ3n) is 3.85. The quantitative estimate of drug-likeness (QED) is 0.900. The zero-order chi connectivity index (χ0) is 14.0. The van der Waals surface area contributed by atoms with Crippen LogP contribution in [-0.2, 0) is 11.2 Å². The van der Waals surface area contributed by atoms with Crippen LogP contribution in [-0.4, -0.2) is 35.8 Å². The van der Waals surface area contributed by atoms with Crippen LogP contribution in [0.1, 0.15) is 38.1 Å². The fourth-order valence-corrected chi connectivity index (χ4v) is 2.63. The van der Waals surface area contributed by atoms with Crippen LogP contribution >= 0.6 is 0 Å². The Morgan fingerprint density at radius 3 is 2.74 bits per heavy atom. The zero-order valence-electron chi connectivity index (χ0n) is 12.3. The van der Waals surface area contributed by atoms with Crippen molar-refractivity contribution in [2.45, 2.75) is 52.2 Å². The highest BCUT2D eigenvalue weighted by Crippen LogP contribution is 2.27. The topological polar surface area (TPSA) is 64.3 Å². The van der Waals surface area contributed by atoms with Crippen molar-refractivity contribution in [3.63, 3.8) is 0 Å². The predicted molar refractivity (Wildman–Crippen MR) is 77.4 cm³/mol. The number of likely N-dealkylation sites (N-methyl/N-ethyl adjacent to an activating group) is 1. The third-order valence-corrected chi connectivity index (χ3v) is 3.85. The fraction of sp³-hybridized carbons (Fsp3) is 0.714. The summed E-state index contributed by atoms with van der Waals surface area (Å²) in [7, 11) is 2.07. The summed E-state index contributed by atoms with van der Waals surface area (Å²) < 4.78 is 5.64. The predicted octanol–water partition coefficient (Wildman–Crippen LogP) is 1.93. The molecular formula is C14H24N4O. The highest BCUT2D eigenvalue weighted by Gasteiger charge is 2.30. The molecule has 19 heavy (non-hydrogen) atoms. The van der Waals surface area contributed by atoms with Crippen molar-refractivity contribution in [1.82, 2.24) is 9.97 Å². The Balaban J connectivity index is 2.31. The van der Waals surface area contributed by atoms with Gasteiger partial charge in [-0.2, -0.15) is 0 Å². The van der Waals surface area contributed by atoms with E-state index < -0.39 is 0 Å². The molecule has 0 aromatic carbocycles. The molecule has 0 bridgehead atoms. The summed E-state index contributed by atoms with van der Waals surface area (Å²) in [6.45, 7) is 7.03. The first kappa shape index (κ1) is 14.1. The maximum Gasteiger partial charge on any atom is 0.137 e. The van der Waals surface area contributed by atoms with Gasteiger partial charge in [0.2, 0.25) is 0 Å². The Kier molecular flexibility index (Phi) is 4.24. The lowest BCUT2D eigenvalue weighted by Crippen LogP contribution is -2.38. The normalized spacial score (nSPS) is 22.7. The molecule has 1 saturated heterocycles. The van der Waals surface area contributed by atoms with E-state index in [9.17, 15) is 0 Å². The number of nitrogen functional groups attached to an aromatic ring is 1. The second kappa shape index (κ2) is 5.74. The molecule has 0 radical (unpaired) electrons. The van der Waals surface area contributed by atoms with Crippen molar-refractivity contribution in [3.05, 3.63) is 11.4 Å². The first-order chi connectivity index (χ1) is 9.04. The van der Waals surface area contributed by atoms with Crippen LogP contribution in [0.25, 0.3) is 0 Å². The Morgan fingerprint density at radius 2 is 2.16 bits per heavy atom. The van der Waals surface area contributed by atoms with E-state index in [0.29, 0.717) is 11.9 Å². The van der Waals surface area contributed by atoms with Crippen molar-refractivity contribution in [2.24, 2.45) is 0 Å². The van der Waals surface area contributed by atoms with Gasteiger partial charge in [0.1, 0.15) is 17.5 Å². The largest absolute Gasteiger partial charge is 0.383 e. The highest BCUT2D eigenvalue weighted by molar-refractivity contribution is 5.56. The number of hydrogen-bond donors (Lipinski definition) is 1. The summed E-state index contributed by atoms with van der Waals surface area (Å²) in [5, 5.41) is 0. The van der Waals surface area contributed by atoms with Crippen LogP contribution in [0, 0.1) is 6.92 Å². The Bertz CT molecular complexity index is 449. The van der Waals surface area contributed by atoms with Crippen molar-refractivity contribution in [1.29, 1.82) is 0 Å². The van der Waals surface area contributed by atoms with Gasteiger partial charge in [0.15, 0.2) is 0 Å². The Hall–Kier alpha value is -1.36. The Morgan fingerprint density at radius 1 is 1.42 bits per heavy atom. The second-order valence-corrected chi connectivity index (χ2v) is 5.27. The molecule has 0 aliphatic carbocycles. The molecule has 1 aromatic heterocycles. The number of anilines is 2. The lowest BCUT2D eigenvalue weighted by molar-refractivity contribution is 0.118. The number of hydrogen-bond acceptors (Lipinski definition) is 5. The second-order valence-electron chi connectivity index (χ2n) is 5.27. The van der Waals surface area contributed by atoms with Crippen LogP contribution in [0.2, 0.25) is 0 Å². The van der Waals surface area contributed by atoms with Crippen LogP contribution in [0.15, 0.2) is 0 Å².